The van der Waals surface area contributed by atoms with E-state index in [0.717, 1.165) is 6.07 Å². The number of amides is 1. The summed E-state index contributed by atoms with van der Waals surface area (Å²) in [6, 6.07) is 3.58. The first-order valence-electron chi connectivity index (χ1n) is 6.25. The van der Waals surface area contributed by atoms with E-state index in [1.807, 2.05) is 0 Å². The lowest BCUT2D eigenvalue weighted by Crippen LogP contribution is -2.27. The average molecular weight is 305 g/mol. The standard InChI is InChI=1S/C14H18F3NO3/c1-8-7-9(11(19)14(15,16)17)5-6-10(8)18-12(20)21-13(2,3)4/h5-7,11,19H,1-4H3,(H,18,20). The number of aryl methyl sites for hydroxylation is 1. The summed E-state index contributed by atoms with van der Waals surface area (Å²) in [4.78, 5) is 11.6. The molecular weight excluding hydrogens is 287 g/mol. The maximum Gasteiger partial charge on any atom is 0.418 e. The van der Waals surface area contributed by atoms with E-state index in [1.54, 1.807) is 20.8 Å². The van der Waals surface area contributed by atoms with Crippen LogP contribution in [0.4, 0.5) is 23.7 Å². The predicted molar refractivity (Wildman–Crippen MR) is 72.1 cm³/mol. The third-order valence-electron chi connectivity index (χ3n) is 2.51. The zero-order chi connectivity index (χ0) is 16.4. The van der Waals surface area contributed by atoms with Crippen molar-refractivity contribution in [2.75, 3.05) is 5.32 Å². The molecule has 0 spiro atoms. The first-order valence-corrected chi connectivity index (χ1v) is 6.25. The van der Waals surface area contributed by atoms with Gasteiger partial charge < -0.3 is 9.84 Å². The number of hydrogen-bond acceptors (Lipinski definition) is 3. The molecular formula is C14H18F3NO3. The van der Waals surface area contributed by atoms with Crippen molar-refractivity contribution in [3.8, 4) is 0 Å². The Morgan fingerprint density at radius 1 is 1.29 bits per heavy atom. The summed E-state index contributed by atoms with van der Waals surface area (Å²) in [6.07, 6.45) is -7.98. The second kappa shape index (κ2) is 5.93. The lowest BCUT2D eigenvalue weighted by atomic mass is 10.0. The number of aliphatic hydroxyl groups excluding tert-OH is 1. The van der Waals surface area contributed by atoms with Gasteiger partial charge in [-0.1, -0.05) is 12.1 Å². The molecule has 4 nitrogen and oxygen atoms in total. The van der Waals surface area contributed by atoms with Gasteiger partial charge in [-0.15, -0.1) is 0 Å². The number of halogens is 3. The Bertz CT molecular complexity index is 521. The van der Waals surface area contributed by atoms with Crippen LogP contribution in [0.25, 0.3) is 0 Å². The number of anilines is 1. The first kappa shape index (κ1) is 17.3. The summed E-state index contributed by atoms with van der Waals surface area (Å²) in [5.41, 5.74) is -0.247. The van der Waals surface area contributed by atoms with E-state index < -0.39 is 24.0 Å². The van der Waals surface area contributed by atoms with Crippen LogP contribution in [0.1, 0.15) is 38.0 Å². The van der Waals surface area contributed by atoms with Crippen LogP contribution in [0.5, 0.6) is 0 Å². The molecule has 0 aliphatic carbocycles. The molecule has 0 aromatic heterocycles. The van der Waals surface area contributed by atoms with Crippen molar-refractivity contribution in [2.24, 2.45) is 0 Å². The average Bonchev–Trinajstić information content (AvgIpc) is 2.27. The Morgan fingerprint density at radius 2 is 1.86 bits per heavy atom. The number of carbonyl (C=O) groups is 1. The largest absolute Gasteiger partial charge is 0.444 e. The maximum absolute atomic E-state index is 12.4. The van der Waals surface area contributed by atoms with E-state index in [0.29, 0.717) is 11.3 Å². The molecule has 7 heteroatoms. The lowest BCUT2D eigenvalue weighted by molar-refractivity contribution is -0.206. The Morgan fingerprint density at radius 3 is 2.29 bits per heavy atom. The third kappa shape index (κ3) is 5.26. The Labute approximate surface area is 120 Å². The minimum atomic E-state index is -4.73. The van der Waals surface area contributed by atoms with E-state index in [2.05, 4.69) is 5.32 Å². The molecule has 0 heterocycles. The van der Waals surface area contributed by atoms with Gasteiger partial charge in [0.25, 0.3) is 0 Å². The van der Waals surface area contributed by atoms with E-state index in [1.165, 1.54) is 19.1 Å². The fraction of sp³-hybridized carbons (Fsp3) is 0.500. The number of aliphatic hydroxyl groups is 1. The Hall–Kier alpha value is -1.76. The number of carbonyl (C=O) groups excluding carboxylic acids is 1. The van der Waals surface area contributed by atoms with Crippen LogP contribution in [0.2, 0.25) is 0 Å². The van der Waals surface area contributed by atoms with E-state index in [9.17, 15) is 23.1 Å². The Kier molecular flexibility index (Phi) is 4.88. The minimum Gasteiger partial charge on any atom is -0.444 e. The van der Waals surface area contributed by atoms with Crippen molar-refractivity contribution >= 4 is 11.8 Å². The molecule has 1 aromatic carbocycles. The van der Waals surface area contributed by atoms with Crippen molar-refractivity contribution < 1.29 is 27.8 Å². The zero-order valence-electron chi connectivity index (χ0n) is 12.2. The summed E-state index contributed by atoms with van der Waals surface area (Å²) in [7, 11) is 0. The monoisotopic (exact) mass is 305 g/mol. The summed E-state index contributed by atoms with van der Waals surface area (Å²) < 4.78 is 42.3. The van der Waals surface area contributed by atoms with Gasteiger partial charge in [0.1, 0.15) is 5.60 Å². The maximum atomic E-state index is 12.4. The summed E-state index contributed by atoms with van der Waals surface area (Å²) in [5.74, 6) is 0. The van der Waals surface area contributed by atoms with Crippen LogP contribution in [-0.4, -0.2) is 23.0 Å². The van der Waals surface area contributed by atoms with Crippen LogP contribution in [0, 0.1) is 6.92 Å². The van der Waals surface area contributed by atoms with Crippen LogP contribution in [0.15, 0.2) is 18.2 Å². The molecule has 1 amide bonds. The normalized spacial score (nSPS) is 13.7. The molecule has 0 aliphatic rings. The number of benzene rings is 1. The molecule has 118 valence electrons. The topological polar surface area (TPSA) is 58.6 Å². The fourth-order valence-corrected chi connectivity index (χ4v) is 1.60. The van der Waals surface area contributed by atoms with Crippen molar-refractivity contribution in [1.82, 2.24) is 0 Å². The molecule has 0 fully saturated rings. The minimum absolute atomic E-state index is 0.283. The molecule has 0 radical (unpaired) electrons. The smallest absolute Gasteiger partial charge is 0.418 e. The van der Waals surface area contributed by atoms with E-state index >= 15 is 0 Å². The third-order valence-corrected chi connectivity index (χ3v) is 2.51. The molecule has 1 rings (SSSR count). The summed E-state index contributed by atoms with van der Waals surface area (Å²) in [6.45, 7) is 6.62. The molecule has 21 heavy (non-hydrogen) atoms. The van der Waals surface area contributed by atoms with Gasteiger partial charge in [0.05, 0.1) is 0 Å². The van der Waals surface area contributed by atoms with Gasteiger partial charge in [-0.2, -0.15) is 13.2 Å². The number of nitrogens with one attached hydrogen (secondary N) is 1. The summed E-state index contributed by atoms with van der Waals surface area (Å²) >= 11 is 0. The van der Waals surface area contributed by atoms with Crippen LogP contribution in [0.3, 0.4) is 0 Å². The molecule has 0 bridgehead atoms. The van der Waals surface area contributed by atoms with Crippen LogP contribution < -0.4 is 5.32 Å². The van der Waals surface area contributed by atoms with Gasteiger partial charge in [0.15, 0.2) is 6.10 Å². The van der Waals surface area contributed by atoms with Gasteiger partial charge in [0, 0.05) is 5.69 Å². The van der Waals surface area contributed by atoms with Crippen LogP contribution >= 0.6 is 0 Å². The molecule has 2 N–H and O–H groups in total. The highest BCUT2D eigenvalue weighted by atomic mass is 19.4. The van der Waals surface area contributed by atoms with Gasteiger partial charge in [-0.05, 0) is 44.9 Å². The highest BCUT2D eigenvalue weighted by Gasteiger charge is 2.39. The van der Waals surface area contributed by atoms with E-state index in [-0.39, 0.29) is 5.56 Å². The van der Waals surface area contributed by atoms with Crippen LogP contribution in [-0.2, 0) is 4.74 Å². The first-order chi connectivity index (χ1) is 9.40. The van der Waals surface area contributed by atoms with Gasteiger partial charge in [-0.25, -0.2) is 4.79 Å². The Balaban J connectivity index is 2.87. The molecule has 1 unspecified atom stereocenters. The molecule has 1 aromatic rings. The fourth-order valence-electron chi connectivity index (χ4n) is 1.60. The van der Waals surface area contributed by atoms with E-state index in [4.69, 9.17) is 4.74 Å². The highest BCUT2D eigenvalue weighted by molar-refractivity contribution is 5.85. The summed E-state index contributed by atoms with van der Waals surface area (Å²) in [5, 5.41) is 11.6. The van der Waals surface area contributed by atoms with Gasteiger partial charge >= 0.3 is 12.3 Å². The number of hydrogen-bond donors (Lipinski definition) is 2. The van der Waals surface area contributed by atoms with Gasteiger partial charge in [-0.3, -0.25) is 5.32 Å². The molecule has 0 saturated carbocycles. The van der Waals surface area contributed by atoms with Crippen molar-refractivity contribution in [3.63, 3.8) is 0 Å². The van der Waals surface area contributed by atoms with Gasteiger partial charge in [0.2, 0.25) is 0 Å². The second-order valence-electron chi connectivity index (χ2n) is 5.65. The number of ether oxygens (including phenoxy) is 1. The predicted octanol–water partition coefficient (Wildman–Crippen LogP) is 3.94. The number of rotatable bonds is 2. The molecule has 1 atom stereocenters. The number of alkyl halides is 3. The van der Waals surface area contributed by atoms with Crippen molar-refractivity contribution in [1.29, 1.82) is 0 Å². The van der Waals surface area contributed by atoms with Crippen molar-refractivity contribution in [3.05, 3.63) is 29.3 Å². The second-order valence-corrected chi connectivity index (χ2v) is 5.65. The van der Waals surface area contributed by atoms with Crippen molar-refractivity contribution in [2.45, 2.75) is 45.6 Å². The molecule has 0 saturated heterocycles. The quantitative estimate of drug-likeness (QED) is 0.870. The molecule has 0 aliphatic heterocycles. The SMILES string of the molecule is Cc1cc(C(O)C(F)(F)F)ccc1NC(=O)OC(C)(C)C. The lowest BCUT2D eigenvalue weighted by Gasteiger charge is -2.21. The zero-order valence-corrected chi connectivity index (χ0v) is 12.2. The highest BCUT2D eigenvalue weighted by Crippen LogP contribution is 2.33.